The fraction of sp³-hybridized carbons (Fsp3) is 0.500. The molecular formula is C14H18INO3. The maximum atomic E-state index is 12.2. The van der Waals surface area contributed by atoms with Crippen LogP contribution in [0.15, 0.2) is 12.1 Å². The van der Waals surface area contributed by atoms with Crippen molar-refractivity contribution in [1.29, 1.82) is 0 Å². The molecular weight excluding hydrogens is 357 g/mol. The first-order chi connectivity index (χ1) is 9.21. The molecule has 0 unspecified atom stereocenters. The third kappa shape index (κ3) is 2.96. The highest BCUT2D eigenvalue weighted by Gasteiger charge is 2.26. The van der Waals surface area contributed by atoms with Crippen molar-refractivity contribution < 1.29 is 14.3 Å². The fourth-order valence-corrected chi connectivity index (χ4v) is 2.73. The Balaban J connectivity index is 2.29. The first-order valence-electron chi connectivity index (χ1n) is 6.27. The highest BCUT2D eigenvalue weighted by molar-refractivity contribution is 14.1. The summed E-state index contributed by atoms with van der Waals surface area (Å²) in [5.41, 5.74) is 2.13. The van der Waals surface area contributed by atoms with Gasteiger partial charge in [-0.3, -0.25) is 4.79 Å². The number of nitrogens with zero attached hydrogens (tertiary/aromatic N) is 1. The molecule has 1 amide bonds. The number of amides is 1. The smallest absolute Gasteiger partial charge is 0.227 e. The molecule has 0 N–H and O–H groups in total. The van der Waals surface area contributed by atoms with E-state index in [1.165, 1.54) is 0 Å². The molecule has 0 atom stereocenters. The number of hydrogen-bond acceptors (Lipinski definition) is 3. The quantitative estimate of drug-likeness (QED) is 0.586. The Bertz CT molecular complexity index is 476. The third-order valence-corrected chi connectivity index (χ3v) is 4.11. The number of fused-ring (bicyclic) bond motifs is 1. The second-order valence-electron chi connectivity index (χ2n) is 4.47. The van der Waals surface area contributed by atoms with Gasteiger partial charge in [0.25, 0.3) is 0 Å². The lowest BCUT2D eigenvalue weighted by Crippen LogP contribution is -2.37. The Morgan fingerprint density at radius 2 is 2.11 bits per heavy atom. The molecule has 4 nitrogen and oxygen atoms in total. The Morgan fingerprint density at radius 1 is 1.32 bits per heavy atom. The van der Waals surface area contributed by atoms with Gasteiger partial charge in [-0.15, -0.1) is 0 Å². The number of benzene rings is 1. The lowest BCUT2D eigenvalue weighted by molar-refractivity contribution is -0.131. The Kier molecular flexibility index (Phi) is 4.90. The van der Waals surface area contributed by atoms with Crippen molar-refractivity contribution in [2.24, 2.45) is 0 Å². The minimum absolute atomic E-state index is 0.170. The van der Waals surface area contributed by atoms with Crippen LogP contribution in [0.1, 0.15) is 17.5 Å². The van der Waals surface area contributed by atoms with Crippen molar-refractivity contribution in [3.05, 3.63) is 23.3 Å². The summed E-state index contributed by atoms with van der Waals surface area (Å²) in [5, 5.41) is 0. The van der Waals surface area contributed by atoms with Crippen LogP contribution in [0.2, 0.25) is 0 Å². The van der Waals surface area contributed by atoms with Crippen molar-refractivity contribution in [2.75, 3.05) is 25.2 Å². The Morgan fingerprint density at radius 3 is 2.74 bits per heavy atom. The molecule has 0 bridgehead atoms. The first-order valence-corrected chi connectivity index (χ1v) is 7.80. The molecule has 1 aliphatic rings. The van der Waals surface area contributed by atoms with Crippen LogP contribution in [0.25, 0.3) is 0 Å². The zero-order valence-corrected chi connectivity index (χ0v) is 13.4. The number of rotatable bonds is 5. The molecule has 0 aliphatic carbocycles. The van der Waals surface area contributed by atoms with E-state index in [9.17, 15) is 4.79 Å². The molecule has 104 valence electrons. The zero-order valence-electron chi connectivity index (χ0n) is 11.2. The maximum Gasteiger partial charge on any atom is 0.227 e. The summed E-state index contributed by atoms with van der Waals surface area (Å²) in [6.07, 6.45) is 1.44. The van der Waals surface area contributed by atoms with Crippen LogP contribution in [0.3, 0.4) is 0 Å². The van der Waals surface area contributed by atoms with E-state index in [-0.39, 0.29) is 5.91 Å². The third-order valence-electron chi connectivity index (χ3n) is 3.35. The van der Waals surface area contributed by atoms with E-state index in [4.69, 9.17) is 9.47 Å². The topological polar surface area (TPSA) is 38.8 Å². The number of ether oxygens (including phenoxy) is 2. The molecule has 5 heteroatoms. The van der Waals surface area contributed by atoms with Gasteiger partial charge in [0.1, 0.15) is 0 Å². The van der Waals surface area contributed by atoms with Crippen LogP contribution in [0.4, 0.5) is 0 Å². The molecule has 1 aromatic rings. The minimum Gasteiger partial charge on any atom is -0.493 e. The van der Waals surface area contributed by atoms with Crippen molar-refractivity contribution in [3.8, 4) is 11.5 Å². The molecule has 0 radical (unpaired) electrons. The van der Waals surface area contributed by atoms with Gasteiger partial charge in [-0.25, -0.2) is 0 Å². The van der Waals surface area contributed by atoms with Crippen molar-refractivity contribution in [3.63, 3.8) is 0 Å². The minimum atomic E-state index is 0.170. The standard InChI is InChI=1S/C14H18INO3/c1-18-12-5-4-10-9-16(7-3-6-15)13(17)8-11(10)14(12)19-2/h4-5H,3,6-9H2,1-2H3. The van der Waals surface area contributed by atoms with Crippen LogP contribution < -0.4 is 9.47 Å². The lowest BCUT2D eigenvalue weighted by atomic mass is 9.97. The summed E-state index contributed by atoms with van der Waals surface area (Å²) in [5.74, 6) is 1.56. The SMILES string of the molecule is COc1ccc2c(c1OC)CC(=O)N(CCCI)C2. The number of carbonyl (C=O) groups is 1. The van der Waals surface area contributed by atoms with Crippen LogP contribution in [-0.2, 0) is 17.8 Å². The molecule has 0 fully saturated rings. The summed E-state index contributed by atoms with van der Waals surface area (Å²) in [4.78, 5) is 14.1. The first kappa shape index (κ1) is 14.4. The van der Waals surface area contributed by atoms with Gasteiger partial charge in [-0.2, -0.15) is 0 Å². The normalized spacial score (nSPS) is 14.3. The second-order valence-corrected chi connectivity index (χ2v) is 5.55. The van der Waals surface area contributed by atoms with E-state index < -0.39 is 0 Å². The van der Waals surface area contributed by atoms with Crippen molar-refractivity contribution >= 4 is 28.5 Å². The monoisotopic (exact) mass is 375 g/mol. The van der Waals surface area contributed by atoms with Gasteiger partial charge in [0.05, 0.1) is 20.6 Å². The van der Waals surface area contributed by atoms with Gasteiger partial charge >= 0.3 is 0 Å². The van der Waals surface area contributed by atoms with Crippen LogP contribution >= 0.6 is 22.6 Å². The number of alkyl halides is 1. The lowest BCUT2D eigenvalue weighted by Gasteiger charge is -2.30. The summed E-state index contributed by atoms with van der Waals surface area (Å²) < 4.78 is 11.8. The highest BCUT2D eigenvalue weighted by Crippen LogP contribution is 2.36. The van der Waals surface area contributed by atoms with Crippen molar-refractivity contribution in [2.45, 2.75) is 19.4 Å². The van der Waals surface area contributed by atoms with E-state index in [1.54, 1.807) is 14.2 Å². The molecule has 19 heavy (non-hydrogen) atoms. The average Bonchev–Trinajstić information content (AvgIpc) is 2.43. The predicted octanol–water partition coefficient (Wildman–Crippen LogP) is 2.41. The van der Waals surface area contributed by atoms with E-state index in [1.807, 2.05) is 17.0 Å². The van der Waals surface area contributed by atoms with E-state index in [0.717, 1.165) is 28.5 Å². The number of methoxy groups -OCH3 is 2. The summed E-state index contributed by atoms with van der Waals surface area (Å²) in [7, 11) is 3.23. The van der Waals surface area contributed by atoms with Crippen molar-refractivity contribution in [1.82, 2.24) is 4.90 Å². The summed E-state index contributed by atoms with van der Waals surface area (Å²) in [6, 6.07) is 3.93. The molecule has 0 saturated heterocycles. The number of carbonyl (C=O) groups excluding carboxylic acids is 1. The Labute approximate surface area is 127 Å². The van der Waals surface area contributed by atoms with Gasteiger partial charge in [-0.1, -0.05) is 28.7 Å². The summed E-state index contributed by atoms with van der Waals surface area (Å²) in [6.45, 7) is 1.50. The molecule has 0 aromatic heterocycles. The molecule has 1 aromatic carbocycles. The molecule has 1 heterocycles. The fourth-order valence-electron chi connectivity index (χ4n) is 2.38. The van der Waals surface area contributed by atoms with Crippen LogP contribution in [0, 0.1) is 0 Å². The second kappa shape index (κ2) is 6.45. The summed E-state index contributed by atoms with van der Waals surface area (Å²) >= 11 is 2.34. The van der Waals surface area contributed by atoms with E-state index >= 15 is 0 Å². The van der Waals surface area contributed by atoms with Crippen LogP contribution in [0.5, 0.6) is 11.5 Å². The van der Waals surface area contributed by atoms with E-state index in [0.29, 0.717) is 24.5 Å². The molecule has 0 spiro atoms. The number of halogens is 1. The predicted molar refractivity (Wildman–Crippen MR) is 82.2 cm³/mol. The molecule has 1 aliphatic heterocycles. The molecule has 0 saturated carbocycles. The number of hydrogen-bond donors (Lipinski definition) is 0. The average molecular weight is 375 g/mol. The van der Waals surface area contributed by atoms with E-state index in [2.05, 4.69) is 22.6 Å². The Hall–Kier alpha value is -0.980. The van der Waals surface area contributed by atoms with Crippen LogP contribution in [-0.4, -0.2) is 36.0 Å². The van der Waals surface area contributed by atoms with Gasteiger partial charge < -0.3 is 14.4 Å². The van der Waals surface area contributed by atoms with Gasteiger partial charge in [0.2, 0.25) is 5.91 Å². The largest absolute Gasteiger partial charge is 0.493 e. The zero-order chi connectivity index (χ0) is 13.8. The van der Waals surface area contributed by atoms with Gasteiger partial charge in [0.15, 0.2) is 11.5 Å². The van der Waals surface area contributed by atoms with Gasteiger partial charge in [-0.05, 0) is 18.1 Å². The maximum absolute atomic E-state index is 12.2. The van der Waals surface area contributed by atoms with Gasteiger partial charge in [0, 0.05) is 23.1 Å². The highest BCUT2D eigenvalue weighted by atomic mass is 127. The molecule has 2 rings (SSSR count).